The average Bonchev–Trinajstić information content (AvgIpc) is 3.35. The first-order chi connectivity index (χ1) is 17.1. The van der Waals surface area contributed by atoms with Crippen molar-refractivity contribution in [2.45, 2.75) is 45.3 Å². The minimum absolute atomic E-state index is 0.117. The van der Waals surface area contributed by atoms with E-state index in [1.165, 1.54) is 5.56 Å². The zero-order valence-corrected chi connectivity index (χ0v) is 20.7. The normalized spacial score (nSPS) is 19.3. The summed E-state index contributed by atoms with van der Waals surface area (Å²) in [7, 11) is 3.30. The third kappa shape index (κ3) is 4.85. The fourth-order valence-electron chi connectivity index (χ4n) is 5.37. The summed E-state index contributed by atoms with van der Waals surface area (Å²) in [6, 6.07) is 13.9. The zero-order valence-electron chi connectivity index (χ0n) is 20.7. The lowest BCUT2D eigenvalue weighted by Gasteiger charge is -2.37. The number of benzene rings is 2. The highest BCUT2D eigenvalue weighted by atomic mass is 16.6. The van der Waals surface area contributed by atoms with E-state index in [0.717, 1.165) is 53.5 Å². The maximum Gasteiger partial charge on any atom is 0.410 e. The Labute approximate surface area is 206 Å². The number of aromatic nitrogens is 1. The summed E-state index contributed by atoms with van der Waals surface area (Å²) < 4.78 is 16.7. The predicted octanol–water partition coefficient (Wildman–Crippen LogP) is 5.20. The third-order valence-corrected chi connectivity index (χ3v) is 6.99. The zero-order chi connectivity index (χ0) is 24.4. The van der Waals surface area contributed by atoms with Crippen molar-refractivity contribution >= 4 is 22.7 Å². The summed E-state index contributed by atoms with van der Waals surface area (Å²) in [5, 5.41) is 4.84. The highest BCUT2D eigenvalue weighted by Gasteiger charge is 2.31. The molecular formula is C28H33N3O4. The molecule has 2 aromatic carbocycles. The van der Waals surface area contributed by atoms with E-state index in [4.69, 9.17) is 19.2 Å². The van der Waals surface area contributed by atoms with Crippen molar-refractivity contribution in [3.63, 3.8) is 0 Å². The molecule has 2 atom stereocenters. The molecule has 1 aromatic heterocycles. The summed E-state index contributed by atoms with van der Waals surface area (Å²) in [4.78, 5) is 19.7. The van der Waals surface area contributed by atoms with Gasteiger partial charge in [-0.2, -0.15) is 0 Å². The van der Waals surface area contributed by atoms with Crippen LogP contribution in [0.2, 0.25) is 0 Å². The summed E-state index contributed by atoms with van der Waals surface area (Å²) in [6.07, 6.45) is 3.80. The standard InChI is InChI=1S/C28H33N3O4/c1-18-12-20(16-31(15-18)28(32)35-17-19-8-5-4-6-9-19)29-27-21-10-7-11-23(21)30-24-14-26(34-3)25(33-2)13-22(24)27/h4-6,8-9,13-14,18,20H,7,10-12,15-17H2,1-3H3,(H,29,30)/t18-,20+/m0/s1. The molecule has 7 heteroatoms. The van der Waals surface area contributed by atoms with Gasteiger partial charge in [0.05, 0.1) is 19.7 Å². The van der Waals surface area contributed by atoms with Gasteiger partial charge in [-0.3, -0.25) is 4.98 Å². The first-order valence-corrected chi connectivity index (χ1v) is 12.4. The van der Waals surface area contributed by atoms with E-state index in [1.54, 1.807) is 14.2 Å². The van der Waals surface area contributed by atoms with Crippen molar-refractivity contribution < 1.29 is 19.0 Å². The van der Waals surface area contributed by atoms with Crippen molar-refractivity contribution in [1.29, 1.82) is 0 Å². The van der Waals surface area contributed by atoms with Crippen molar-refractivity contribution in [2.24, 2.45) is 5.92 Å². The number of amides is 1. The number of hydrogen-bond acceptors (Lipinski definition) is 6. The van der Waals surface area contributed by atoms with E-state index < -0.39 is 0 Å². The number of anilines is 1. The molecule has 0 saturated carbocycles. The van der Waals surface area contributed by atoms with E-state index in [1.807, 2.05) is 47.4 Å². The highest BCUT2D eigenvalue weighted by molar-refractivity contribution is 5.96. The van der Waals surface area contributed by atoms with Gasteiger partial charge in [0.1, 0.15) is 6.61 Å². The Morgan fingerprint density at radius 1 is 1.09 bits per heavy atom. The van der Waals surface area contributed by atoms with Crippen molar-refractivity contribution in [3.05, 3.63) is 59.3 Å². The molecule has 1 fully saturated rings. The Bertz CT molecular complexity index is 1210. The number of ether oxygens (including phenoxy) is 3. The molecule has 2 aliphatic rings. The molecule has 2 heterocycles. The molecule has 0 spiro atoms. The van der Waals surface area contributed by atoms with Crippen molar-refractivity contribution in [2.75, 3.05) is 32.6 Å². The van der Waals surface area contributed by atoms with Gasteiger partial charge in [0, 0.05) is 42.0 Å². The molecule has 7 nitrogen and oxygen atoms in total. The molecule has 5 rings (SSSR count). The van der Waals surface area contributed by atoms with Gasteiger partial charge in [-0.15, -0.1) is 0 Å². The van der Waals surface area contributed by atoms with E-state index >= 15 is 0 Å². The van der Waals surface area contributed by atoms with Crippen LogP contribution in [-0.2, 0) is 24.2 Å². The van der Waals surface area contributed by atoms with Gasteiger partial charge in [-0.05, 0) is 48.8 Å². The molecule has 0 radical (unpaired) electrons. The number of aryl methyl sites for hydroxylation is 1. The fraction of sp³-hybridized carbons (Fsp3) is 0.429. The van der Waals surface area contributed by atoms with Crippen molar-refractivity contribution in [1.82, 2.24) is 9.88 Å². The van der Waals surface area contributed by atoms with Crippen LogP contribution < -0.4 is 14.8 Å². The number of fused-ring (bicyclic) bond motifs is 2. The Kier molecular flexibility index (Phi) is 6.66. The molecular weight excluding hydrogens is 442 g/mol. The lowest BCUT2D eigenvalue weighted by Crippen LogP contribution is -2.48. The van der Waals surface area contributed by atoms with Gasteiger partial charge in [0.15, 0.2) is 11.5 Å². The van der Waals surface area contributed by atoms with Gasteiger partial charge in [0.25, 0.3) is 0 Å². The van der Waals surface area contributed by atoms with Gasteiger partial charge < -0.3 is 24.4 Å². The topological polar surface area (TPSA) is 72.9 Å². The van der Waals surface area contributed by atoms with Crippen LogP contribution >= 0.6 is 0 Å². The van der Waals surface area contributed by atoms with E-state index in [9.17, 15) is 4.79 Å². The lowest BCUT2D eigenvalue weighted by atomic mass is 9.95. The third-order valence-electron chi connectivity index (χ3n) is 6.99. The highest BCUT2D eigenvalue weighted by Crippen LogP contribution is 2.40. The largest absolute Gasteiger partial charge is 0.493 e. The molecule has 184 valence electrons. The minimum atomic E-state index is -0.261. The monoisotopic (exact) mass is 475 g/mol. The number of likely N-dealkylation sites (tertiary alicyclic amines) is 1. The molecule has 1 saturated heterocycles. The van der Waals surface area contributed by atoms with Gasteiger partial charge >= 0.3 is 6.09 Å². The Balaban J connectivity index is 1.39. The predicted molar refractivity (Wildman–Crippen MR) is 136 cm³/mol. The fourth-order valence-corrected chi connectivity index (χ4v) is 5.37. The van der Waals surface area contributed by atoms with Crippen LogP contribution in [0.4, 0.5) is 10.5 Å². The van der Waals surface area contributed by atoms with Crippen molar-refractivity contribution in [3.8, 4) is 11.5 Å². The summed E-state index contributed by atoms with van der Waals surface area (Å²) >= 11 is 0. The van der Waals surface area contributed by atoms with Crippen LogP contribution in [0.1, 0.15) is 36.6 Å². The Morgan fingerprint density at radius 3 is 2.63 bits per heavy atom. The summed E-state index contributed by atoms with van der Waals surface area (Å²) in [5.41, 5.74) is 5.43. The molecule has 1 amide bonds. The number of nitrogens with one attached hydrogen (secondary N) is 1. The second-order valence-electron chi connectivity index (χ2n) is 9.62. The van der Waals surface area contributed by atoms with Gasteiger partial charge in [-0.25, -0.2) is 4.79 Å². The number of nitrogens with zero attached hydrogens (tertiary/aromatic N) is 2. The maximum absolute atomic E-state index is 12.9. The maximum atomic E-state index is 12.9. The number of carbonyl (C=O) groups excluding carboxylic acids is 1. The SMILES string of the molecule is COc1cc2nc3c(c(N[C@@H]4C[C@H](C)CN(C(=O)OCc5ccccc5)C4)c2cc1OC)CCC3. The van der Waals surface area contributed by atoms with Crippen LogP contribution in [0.5, 0.6) is 11.5 Å². The number of piperidine rings is 1. The summed E-state index contributed by atoms with van der Waals surface area (Å²) in [6.45, 7) is 3.77. The number of methoxy groups -OCH3 is 2. The van der Waals surface area contributed by atoms with Crippen LogP contribution in [0.3, 0.4) is 0 Å². The van der Waals surface area contributed by atoms with Gasteiger partial charge in [-0.1, -0.05) is 37.3 Å². The minimum Gasteiger partial charge on any atom is -0.493 e. The van der Waals surface area contributed by atoms with Crippen LogP contribution in [0.15, 0.2) is 42.5 Å². The number of pyridine rings is 1. The molecule has 0 bridgehead atoms. The molecule has 1 aliphatic heterocycles. The first kappa shape index (κ1) is 23.3. The molecule has 1 N–H and O–H groups in total. The Hall–Kier alpha value is -3.48. The second-order valence-corrected chi connectivity index (χ2v) is 9.62. The molecule has 1 aliphatic carbocycles. The number of carbonyl (C=O) groups is 1. The number of rotatable bonds is 6. The molecule has 3 aromatic rings. The second kappa shape index (κ2) is 10.0. The quantitative estimate of drug-likeness (QED) is 0.528. The smallest absolute Gasteiger partial charge is 0.410 e. The molecule has 0 unspecified atom stereocenters. The van der Waals surface area contributed by atoms with Crippen LogP contribution in [0.25, 0.3) is 10.9 Å². The molecule has 35 heavy (non-hydrogen) atoms. The summed E-state index contributed by atoms with van der Waals surface area (Å²) in [5.74, 6) is 1.72. The van der Waals surface area contributed by atoms with Crippen LogP contribution in [-0.4, -0.2) is 49.3 Å². The van der Waals surface area contributed by atoms with E-state index in [-0.39, 0.29) is 18.7 Å². The van der Waals surface area contributed by atoms with Crippen LogP contribution in [0, 0.1) is 5.92 Å². The van der Waals surface area contributed by atoms with E-state index in [2.05, 4.69) is 12.2 Å². The first-order valence-electron chi connectivity index (χ1n) is 12.4. The lowest BCUT2D eigenvalue weighted by molar-refractivity contribution is 0.0784. The van der Waals surface area contributed by atoms with E-state index in [0.29, 0.717) is 30.5 Å². The Morgan fingerprint density at radius 2 is 1.86 bits per heavy atom. The number of hydrogen-bond donors (Lipinski definition) is 1. The average molecular weight is 476 g/mol. The van der Waals surface area contributed by atoms with Gasteiger partial charge in [0.2, 0.25) is 0 Å².